The van der Waals surface area contributed by atoms with Crippen molar-refractivity contribution in [1.29, 1.82) is 0 Å². The van der Waals surface area contributed by atoms with Crippen LogP contribution >= 0.6 is 0 Å². The molecule has 0 radical (unpaired) electrons. The third kappa shape index (κ3) is 2.84. The molecule has 20 heavy (non-hydrogen) atoms. The number of nitrogens with zero attached hydrogens (tertiary/aromatic N) is 3. The minimum atomic E-state index is -0.217. The van der Waals surface area contributed by atoms with Gasteiger partial charge in [-0.3, -0.25) is 4.79 Å². The molecule has 1 aromatic heterocycles. The van der Waals surface area contributed by atoms with E-state index in [4.69, 9.17) is 5.73 Å². The Morgan fingerprint density at radius 2 is 2.25 bits per heavy atom. The minimum absolute atomic E-state index is 0.0822. The lowest BCUT2D eigenvalue weighted by Gasteiger charge is -2.33. The lowest BCUT2D eigenvalue weighted by atomic mass is 9.97. The molecule has 2 rings (SSSR count). The van der Waals surface area contributed by atoms with Crippen LogP contribution in [-0.2, 0) is 11.2 Å². The van der Waals surface area contributed by atoms with E-state index >= 15 is 0 Å². The molecule has 3 N–H and O–H groups in total. The Bertz CT molecular complexity index is 503. The highest BCUT2D eigenvalue weighted by molar-refractivity contribution is 5.77. The molecule has 1 aromatic rings. The topological polar surface area (TPSA) is 84.1 Å². The zero-order valence-electron chi connectivity index (χ0n) is 12.4. The summed E-state index contributed by atoms with van der Waals surface area (Å²) >= 11 is 0. The first kappa shape index (κ1) is 14.6. The Balaban J connectivity index is 2.33. The number of anilines is 2. The number of hydrogen-bond donors (Lipinski definition) is 2. The van der Waals surface area contributed by atoms with Gasteiger partial charge in [0.05, 0.1) is 5.92 Å². The van der Waals surface area contributed by atoms with Gasteiger partial charge in [0.15, 0.2) is 0 Å². The Labute approximate surface area is 119 Å². The van der Waals surface area contributed by atoms with Crippen LogP contribution < -0.4 is 16.0 Å². The summed E-state index contributed by atoms with van der Waals surface area (Å²) in [6, 6.07) is 0. The van der Waals surface area contributed by atoms with Crippen molar-refractivity contribution in [2.75, 3.05) is 30.4 Å². The molecule has 1 aliphatic rings. The standard InChI is InChI=1S/C14H23N5O/c1-4-11-17-13(16-3)9(2)14(18-11)19-7-5-6-10(8-19)12(15)20/h10H,4-8H2,1-3H3,(H2,15,20)(H,16,17,18). The summed E-state index contributed by atoms with van der Waals surface area (Å²) in [6.45, 7) is 5.61. The monoisotopic (exact) mass is 277 g/mol. The predicted octanol–water partition coefficient (Wildman–Crippen LogP) is 1.09. The van der Waals surface area contributed by atoms with Gasteiger partial charge in [-0.15, -0.1) is 0 Å². The highest BCUT2D eigenvalue weighted by atomic mass is 16.1. The van der Waals surface area contributed by atoms with Crippen LogP contribution in [0.1, 0.15) is 31.2 Å². The van der Waals surface area contributed by atoms with Gasteiger partial charge in [-0.25, -0.2) is 9.97 Å². The fourth-order valence-corrected chi connectivity index (χ4v) is 2.66. The van der Waals surface area contributed by atoms with Crippen LogP contribution in [0.3, 0.4) is 0 Å². The van der Waals surface area contributed by atoms with Gasteiger partial charge in [-0.2, -0.15) is 0 Å². The number of amides is 1. The van der Waals surface area contributed by atoms with Gasteiger partial charge < -0.3 is 16.0 Å². The molecule has 1 aliphatic heterocycles. The van der Waals surface area contributed by atoms with E-state index in [1.54, 1.807) is 0 Å². The Morgan fingerprint density at radius 1 is 1.50 bits per heavy atom. The fraction of sp³-hybridized carbons (Fsp3) is 0.643. The molecule has 0 aliphatic carbocycles. The smallest absolute Gasteiger partial charge is 0.222 e. The van der Waals surface area contributed by atoms with E-state index in [1.807, 2.05) is 20.9 Å². The van der Waals surface area contributed by atoms with E-state index in [2.05, 4.69) is 20.2 Å². The molecule has 1 unspecified atom stereocenters. The lowest BCUT2D eigenvalue weighted by molar-refractivity contribution is -0.122. The number of nitrogens with two attached hydrogens (primary N) is 1. The summed E-state index contributed by atoms with van der Waals surface area (Å²) in [5, 5.41) is 3.11. The van der Waals surface area contributed by atoms with Crippen molar-refractivity contribution in [2.24, 2.45) is 11.7 Å². The van der Waals surface area contributed by atoms with Crippen LogP contribution in [-0.4, -0.2) is 36.0 Å². The molecule has 0 aromatic carbocycles. The second kappa shape index (κ2) is 6.07. The Kier molecular flexibility index (Phi) is 4.42. The maximum atomic E-state index is 11.4. The minimum Gasteiger partial charge on any atom is -0.373 e. The maximum absolute atomic E-state index is 11.4. The molecule has 110 valence electrons. The van der Waals surface area contributed by atoms with Gasteiger partial charge >= 0.3 is 0 Å². The molecule has 1 amide bonds. The third-order valence-corrected chi connectivity index (χ3v) is 3.84. The molecule has 6 nitrogen and oxygen atoms in total. The van der Waals surface area contributed by atoms with Crippen LogP contribution in [0.15, 0.2) is 0 Å². The number of primary amides is 1. The average Bonchev–Trinajstić information content (AvgIpc) is 2.47. The summed E-state index contributed by atoms with van der Waals surface area (Å²) in [5.41, 5.74) is 6.47. The van der Waals surface area contributed by atoms with Gasteiger partial charge in [0.25, 0.3) is 0 Å². The molecule has 1 atom stereocenters. The van der Waals surface area contributed by atoms with Gasteiger partial charge in [0.1, 0.15) is 17.5 Å². The number of rotatable bonds is 4. The highest BCUT2D eigenvalue weighted by Crippen LogP contribution is 2.27. The Morgan fingerprint density at radius 3 is 2.85 bits per heavy atom. The van der Waals surface area contributed by atoms with E-state index < -0.39 is 0 Å². The SMILES string of the molecule is CCc1nc(NC)c(C)c(N2CCCC(C(N)=O)C2)n1. The fourth-order valence-electron chi connectivity index (χ4n) is 2.66. The molecule has 0 spiro atoms. The first-order chi connectivity index (χ1) is 9.56. The van der Waals surface area contributed by atoms with E-state index in [1.165, 1.54) is 0 Å². The molecule has 6 heteroatoms. The van der Waals surface area contributed by atoms with Crippen molar-refractivity contribution in [1.82, 2.24) is 9.97 Å². The number of carbonyl (C=O) groups is 1. The molecule has 1 fully saturated rings. The number of piperidine rings is 1. The Hall–Kier alpha value is -1.85. The normalized spacial score (nSPS) is 18.9. The quantitative estimate of drug-likeness (QED) is 0.860. The molecular weight excluding hydrogens is 254 g/mol. The zero-order valence-corrected chi connectivity index (χ0v) is 12.4. The predicted molar refractivity (Wildman–Crippen MR) is 79.8 cm³/mol. The van der Waals surface area contributed by atoms with Gasteiger partial charge in [0, 0.05) is 32.1 Å². The van der Waals surface area contributed by atoms with Crippen molar-refractivity contribution in [3.8, 4) is 0 Å². The summed E-state index contributed by atoms with van der Waals surface area (Å²) in [7, 11) is 1.86. The first-order valence-corrected chi connectivity index (χ1v) is 7.16. The van der Waals surface area contributed by atoms with E-state index in [-0.39, 0.29) is 11.8 Å². The van der Waals surface area contributed by atoms with Crippen molar-refractivity contribution < 1.29 is 4.79 Å². The molecule has 1 saturated heterocycles. The number of aryl methyl sites for hydroxylation is 1. The summed E-state index contributed by atoms with van der Waals surface area (Å²) in [4.78, 5) is 22.7. The summed E-state index contributed by atoms with van der Waals surface area (Å²) in [6.07, 6.45) is 2.62. The van der Waals surface area contributed by atoms with E-state index in [0.717, 1.165) is 48.8 Å². The van der Waals surface area contributed by atoms with Crippen LogP contribution in [0.4, 0.5) is 11.6 Å². The van der Waals surface area contributed by atoms with E-state index in [0.29, 0.717) is 6.54 Å². The van der Waals surface area contributed by atoms with Crippen LogP contribution in [0.5, 0.6) is 0 Å². The second-order valence-corrected chi connectivity index (χ2v) is 5.23. The largest absolute Gasteiger partial charge is 0.373 e. The first-order valence-electron chi connectivity index (χ1n) is 7.16. The van der Waals surface area contributed by atoms with Gasteiger partial charge in [0.2, 0.25) is 5.91 Å². The maximum Gasteiger partial charge on any atom is 0.222 e. The van der Waals surface area contributed by atoms with Crippen LogP contribution in [0, 0.1) is 12.8 Å². The lowest BCUT2D eigenvalue weighted by Crippen LogP contribution is -2.42. The van der Waals surface area contributed by atoms with Crippen LogP contribution in [0.25, 0.3) is 0 Å². The molecule has 0 bridgehead atoms. The number of aromatic nitrogens is 2. The van der Waals surface area contributed by atoms with Gasteiger partial charge in [-0.05, 0) is 19.8 Å². The van der Waals surface area contributed by atoms with Crippen molar-refractivity contribution >= 4 is 17.5 Å². The van der Waals surface area contributed by atoms with Crippen molar-refractivity contribution in [2.45, 2.75) is 33.1 Å². The molecule has 2 heterocycles. The number of hydrogen-bond acceptors (Lipinski definition) is 5. The summed E-state index contributed by atoms with van der Waals surface area (Å²) in [5.74, 6) is 2.29. The number of carbonyl (C=O) groups excluding carboxylic acids is 1. The van der Waals surface area contributed by atoms with Crippen molar-refractivity contribution in [3.63, 3.8) is 0 Å². The van der Waals surface area contributed by atoms with Gasteiger partial charge in [-0.1, -0.05) is 6.92 Å². The zero-order chi connectivity index (χ0) is 14.7. The third-order valence-electron chi connectivity index (χ3n) is 3.84. The average molecular weight is 277 g/mol. The molecular formula is C14H23N5O. The highest BCUT2D eigenvalue weighted by Gasteiger charge is 2.26. The second-order valence-electron chi connectivity index (χ2n) is 5.23. The van der Waals surface area contributed by atoms with Crippen molar-refractivity contribution in [3.05, 3.63) is 11.4 Å². The molecule has 0 saturated carbocycles. The number of nitrogens with one attached hydrogen (secondary N) is 1. The van der Waals surface area contributed by atoms with Crippen LogP contribution in [0.2, 0.25) is 0 Å². The van der Waals surface area contributed by atoms with E-state index in [9.17, 15) is 4.79 Å². The summed E-state index contributed by atoms with van der Waals surface area (Å²) < 4.78 is 0.